The number of nitrogens with zero attached hydrogens (tertiary/aromatic N) is 2. The molecule has 146 valence electrons. The molecule has 2 aromatic carbocycles. The molecule has 7 heteroatoms. The van der Waals surface area contributed by atoms with Crippen molar-refractivity contribution in [2.45, 2.75) is 13.8 Å². The summed E-state index contributed by atoms with van der Waals surface area (Å²) >= 11 is 6.87. The zero-order valence-corrected chi connectivity index (χ0v) is 18.9. The highest BCUT2D eigenvalue weighted by Crippen LogP contribution is 2.24. The van der Waals surface area contributed by atoms with E-state index in [1.165, 1.54) is 0 Å². The molecule has 0 aliphatic heterocycles. The number of hydrogen-bond acceptors (Lipinski definition) is 3. The summed E-state index contributed by atoms with van der Waals surface area (Å²) in [5.41, 5.74) is 7.31. The predicted molar refractivity (Wildman–Crippen MR) is 122 cm³/mol. The second-order valence-corrected chi connectivity index (χ2v) is 8.46. The van der Waals surface area contributed by atoms with E-state index in [-0.39, 0.29) is 5.76 Å². The van der Waals surface area contributed by atoms with Crippen molar-refractivity contribution in [3.05, 3.63) is 86.3 Å². The Morgan fingerprint density at radius 3 is 2.52 bits per heavy atom. The van der Waals surface area contributed by atoms with E-state index in [1.54, 1.807) is 12.3 Å². The molecule has 4 rings (SSSR count). The van der Waals surface area contributed by atoms with Crippen molar-refractivity contribution in [3.8, 4) is 5.69 Å². The van der Waals surface area contributed by atoms with Crippen molar-refractivity contribution in [3.63, 3.8) is 0 Å². The second kappa shape index (κ2) is 8.00. The quantitative estimate of drug-likeness (QED) is 0.263. The largest absolute Gasteiger partial charge is 0.451 e. The van der Waals surface area contributed by atoms with Crippen molar-refractivity contribution < 1.29 is 9.21 Å². The lowest BCUT2D eigenvalue weighted by Gasteiger charge is -2.09. The minimum Gasteiger partial charge on any atom is -0.451 e. The Kier molecular flexibility index (Phi) is 5.43. The van der Waals surface area contributed by atoms with Gasteiger partial charge in [-0.2, -0.15) is 5.10 Å². The molecule has 0 aliphatic carbocycles. The van der Waals surface area contributed by atoms with E-state index in [9.17, 15) is 4.79 Å². The molecule has 1 N–H and O–H groups in total. The van der Waals surface area contributed by atoms with Gasteiger partial charge in [0.05, 0.1) is 6.21 Å². The van der Waals surface area contributed by atoms with Crippen molar-refractivity contribution in [2.24, 2.45) is 5.10 Å². The summed E-state index contributed by atoms with van der Waals surface area (Å²) in [6, 6.07) is 17.4. The molecule has 2 heterocycles. The molecular formula is C22H17Br2N3O2. The van der Waals surface area contributed by atoms with Crippen LogP contribution in [0, 0.1) is 13.8 Å². The van der Waals surface area contributed by atoms with E-state index >= 15 is 0 Å². The Morgan fingerprint density at radius 1 is 1.03 bits per heavy atom. The van der Waals surface area contributed by atoms with Gasteiger partial charge in [-0.3, -0.25) is 4.79 Å². The fraction of sp³-hybridized carbons (Fsp3) is 0.0909. The summed E-state index contributed by atoms with van der Waals surface area (Å²) in [4.78, 5) is 12.4. The fourth-order valence-corrected chi connectivity index (χ4v) is 3.89. The van der Waals surface area contributed by atoms with Crippen molar-refractivity contribution >= 4 is 55.0 Å². The van der Waals surface area contributed by atoms with Gasteiger partial charge in [0.15, 0.2) is 5.76 Å². The SMILES string of the molecule is Cc1cc(/C=N\NC(=O)c2cc3cc(Br)ccc3o2)c(C)n1-c1ccc(Br)cc1. The van der Waals surface area contributed by atoms with Gasteiger partial charge in [-0.1, -0.05) is 31.9 Å². The number of hydrazone groups is 1. The second-order valence-electron chi connectivity index (χ2n) is 6.63. The zero-order valence-electron chi connectivity index (χ0n) is 15.7. The summed E-state index contributed by atoms with van der Waals surface area (Å²) in [6.45, 7) is 4.06. The van der Waals surface area contributed by atoms with Crippen LogP contribution in [0.2, 0.25) is 0 Å². The van der Waals surface area contributed by atoms with Gasteiger partial charge in [0.1, 0.15) is 5.58 Å². The molecule has 0 radical (unpaired) electrons. The van der Waals surface area contributed by atoms with Crippen LogP contribution in [-0.2, 0) is 0 Å². The van der Waals surface area contributed by atoms with Gasteiger partial charge < -0.3 is 8.98 Å². The summed E-state index contributed by atoms with van der Waals surface area (Å²) in [5.74, 6) is -0.175. The smallest absolute Gasteiger partial charge is 0.307 e. The van der Waals surface area contributed by atoms with Crippen molar-refractivity contribution in [2.75, 3.05) is 0 Å². The summed E-state index contributed by atoms with van der Waals surface area (Å²) < 4.78 is 9.69. The van der Waals surface area contributed by atoms with Crippen LogP contribution in [0.4, 0.5) is 0 Å². The van der Waals surface area contributed by atoms with E-state index in [0.29, 0.717) is 5.58 Å². The number of furan rings is 1. The van der Waals surface area contributed by atoms with Gasteiger partial charge in [-0.15, -0.1) is 0 Å². The third-order valence-corrected chi connectivity index (χ3v) is 5.65. The topological polar surface area (TPSA) is 59.5 Å². The zero-order chi connectivity index (χ0) is 20.5. The Morgan fingerprint density at radius 2 is 1.76 bits per heavy atom. The van der Waals surface area contributed by atoms with Gasteiger partial charge in [0.25, 0.3) is 0 Å². The molecular weight excluding hydrogens is 498 g/mol. The summed E-state index contributed by atoms with van der Waals surface area (Å²) in [7, 11) is 0. The number of benzene rings is 2. The lowest BCUT2D eigenvalue weighted by molar-refractivity contribution is 0.0929. The first-order chi connectivity index (χ1) is 13.9. The first kappa shape index (κ1) is 19.7. The summed E-state index contributed by atoms with van der Waals surface area (Å²) in [6.07, 6.45) is 1.65. The molecule has 0 bridgehead atoms. The van der Waals surface area contributed by atoms with Crippen LogP contribution in [0.25, 0.3) is 16.7 Å². The molecule has 29 heavy (non-hydrogen) atoms. The maximum atomic E-state index is 12.4. The highest BCUT2D eigenvalue weighted by Gasteiger charge is 2.13. The van der Waals surface area contributed by atoms with E-state index in [4.69, 9.17) is 4.42 Å². The molecule has 0 atom stereocenters. The number of aromatic nitrogens is 1. The lowest BCUT2D eigenvalue weighted by Crippen LogP contribution is -2.16. The first-order valence-corrected chi connectivity index (χ1v) is 10.5. The molecule has 0 saturated carbocycles. The van der Waals surface area contributed by atoms with E-state index in [0.717, 1.165) is 37.0 Å². The van der Waals surface area contributed by atoms with Crippen LogP contribution < -0.4 is 5.43 Å². The number of aryl methyl sites for hydroxylation is 1. The number of hydrogen-bond donors (Lipinski definition) is 1. The lowest BCUT2D eigenvalue weighted by atomic mass is 10.2. The number of nitrogens with one attached hydrogen (secondary N) is 1. The Hall–Kier alpha value is -2.64. The minimum atomic E-state index is -0.393. The van der Waals surface area contributed by atoms with E-state index < -0.39 is 5.91 Å². The fourth-order valence-electron chi connectivity index (χ4n) is 3.25. The van der Waals surface area contributed by atoms with E-state index in [2.05, 4.69) is 47.0 Å². The van der Waals surface area contributed by atoms with Crippen LogP contribution >= 0.6 is 31.9 Å². The number of carbonyl (C=O) groups is 1. The monoisotopic (exact) mass is 513 g/mol. The van der Waals surface area contributed by atoms with Crippen LogP contribution in [0.3, 0.4) is 0 Å². The average Bonchev–Trinajstić information content (AvgIpc) is 3.23. The highest BCUT2D eigenvalue weighted by atomic mass is 79.9. The molecule has 0 fully saturated rings. The van der Waals surface area contributed by atoms with Crippen LogP contribution in [0.5, 0.6) is 0 Å². The Bertz CT molecular complexity index is 1240. The Labute approximate surface area is 184 Å². The first-order valence-electron chi connectivity index (χ1n) is 8.90. The average molecular weight is 515 g/mol. The standard InChI is InChI=1S/C22H17Br2N3O2/c1-13-9-16(14(2)27(13)19-6-3-17(23)4-7-19)12-25-26-22(28)21-11-15-10-18(24)5-8-20(15)29-21/h3-12H,1-2H3,(H,26,28)/b25-12-. The van der Waals surface area contributed by atoms with E-state index in [1.807, 2.05) is 62.4 Å². The normalized spacial score (nSPS) is 11.4. The summed E-state index contributed by atoms with van der Waals surface area (Å²) in [5, 5.41) is 4.97. The number of rotatable bonds is 4. The van der Waals surface area contributed by atoms with Gasteiger partial charge >= 0.3 is 5.91 Å². The molecule has 2 aromatic heterocycles. The van der Waals surface area contributed by atoms with Crippen LogP contribution in [0.15, 0.2) is 73.1 Å². The molecule has 1 amide bonds. The molecule has 4 aromatic rings. The maximum absolute atomic E-state index is 12.4. The van der Waals surface area contributed by atoms with Gasteiger partial charge in [0.2, 0.25) is 0 Å². The number of amides is 1. The van der Waals surface area contributed by atoms with Crippen LogP contribution in [0.1, 0.15) is 27.5 Å². The number of halogens is 2. The highest BCUT2D eigenvalue weighted by molar-refractivity contribution is 9.10. The van der Waals surface area contributed by atoms with Crippen molar-refractivity contribution in [1.29, 1.82) is 0 Å². The number of fused-ring (bicyclic) bond motifs is 1. The predicted octanol–water partition coefficient (Wildman–Crippen LogP) is 6.13. The third kappa shape index (κ3) is 4.06. The van der Waals surface area contributed by atoms with Crippen molar-refractivity contribution in [1.82, 2.24) is 9.99 Å². The molecule has 0 spiro atoms. The Balaban J connectivity index is 1.52. The molecule has 5 nitrogen and oxygen atoms in total. The maximum Gasteiger partial charge on any atom is 0.307 e. The van der Waals surface area contributed by atoms with Crippen LogP contribution in [-0.4, -0.2) is 16.7 Å². The molecule has 0 saturated heterocycles. The molecule has 0 unspecified atom stereocenters. The van der Waals surface area contributed by atoms with Gasteiger partial charge in [-0.05, 0) is 68.4 Å². The van der Waals surface area contributed by atoms with Gasteiger partial charge in [-0.25, -0.2) is 5.43 Å². The minimum absolute atomic E-state index is 0.218. The number of carbonyl (C=O) groups excluding carboxylic acids is 1. The molecule has 0 aliphatic rings. The third-order valence-electron chi connectivity index (χ3n) is 4.63. The van der Waals surface area contributed by atoms with Gasteiger partial charge in [0, 0.05) is 37.0 Å².